The van der Waals surface area contributed by atoms with Crippen LogP contribution < -0.4 is 14.8 Å². The third kappa shape index (κ3) is 5.68. The molecule has 0 bridgehead atoms. The van der Waals surface area contributed by atoms with Crippen LogP contribution in [-0.2, 0) is 21.4 Å². The molecule has 0 atom stereocenters. The van der Waals surface area contributed by atoms with Gasteiger partial charge in [0.15, 0.2) is 0 Å². The molecule has 0 saturated heterocycles. The SMILES string of the molecule is CC(=O)NS(=O)(=O)c1ccc(NC(=O)c2ccc(OCc3ccccc3)cc2)cc1. The number of rotatable bonds is 7. The smallest absolute Gasteiger partial charge is 0.264 e. The second kappa shape index (κ2) is 9.23. The lowest BCUT2D eigenvalue weighted by Gasteiger charge is -2.09. The molecule has 0 radical (unpaired) electrons. The average Bonchev–Trinajstić information content (AvgIpc) is 2.73. The maximum Gasteiger partial charge on any atom is 0.264 e. The number of anilines is 1. The first-order valence-electron chi connectivity index (χ1n) is 9.05. The van der Waals surface area contributed by atoms with E-state index in [2.05, 4.69) is 5.32 Å². The first-order chi connectivity index (χ1) is 14.3. The monoisotopic (exact) mass is 424 g/mol. The van der Waals surface area contributed by atoms with Crippen molar-refractivity contribution in [3.05, 3.63) is 90.0 Å². The van der Waals surface area contributed by atoms with Crippen molar-refractivity contribution in [2.24, 2.45) is 0 Å². The summed E-state index contributed by atoms with van der Waals surface area (Å²) < 4.78 is 31.5. The van der Waals surface area contributed by atoms with Gasteiger partial charge in [-0.1, -0.05) is 30.3 Å². The molecule has 0 saturated carbocycles. The van der Waals surface area contributed by atoms with Crippen LogP contribution in [0.25, 0.3) is 0 Å². The van der Waals surface area contributed by atoms with E-state index in [1.54, 1.807) is 24.3 Å². The molecule has 30 heavy (non-hydrogen) atoms. The Balaban J connectivity index is 1.60. The highest BCUT2D eigenvalue weighted by atomic mass is 32.2. The molecule has 0 aliphatic rings. The Labute approximate surface area is 174 Å². The number of nitrogens with one attached hydrogen (secondary N) is 2. The van der Waals surface area contributed by atoms with E-state index < -0.39 is 15.9 Å². The second-order valence-corrected chi connectivity index (χ2v) is 8.12. The third-order valence-electron chi connectivity index (χ3n) is 4.07. The van der Waals surface area contributed by atoms with Crippen LogP contribution in [0.15, 0.2) is 83.8 Å². The summed E-state index contributed by atoms with van der Waals surface area (Å²) >= 11 is 0. The van der Waals surface area contributed by atoms with Crippen molar-refractivity contribution in [1.82, 2.24) is 4.72 Å². The molecule has 3 rings (SSSR count). The Kier molecular flexibility index (Phi) is 6.48. The van der Waals surface area contributed by atoms with Gasteiger partial charge < -0.3 is 10.1 Å². The topological polar surface area (TPSA) is 102 Å². The first-order valence-corrected chi connectivity index (χ1v) is 10.5. The number of hydrogen-bond acceptors (Lipinski definition) is 5. The minimum Gasteiger partial charge on any atom is -0.489 e. The average molecular weight is 424 g/mol. The fourth-order valence-electron chi connectivity index (χ4n) is 2.61. The van der Waals surface area contributed by atoms with Gasteiger partial charge in [0.05, 0.1) is 4.90 Å². The number of carbonyl (C=O) groups is 2. The van der Waals surface area contributed by atoms with Crippen molar-refractivity contribution in [1.29, 1.82) is 0 Å². The van der Waals surface area contributed by atoms with E-state index in [4.69, 9.17) is 4.74 Å². The molecular weight excluding hydrogens is 404 g/mol. The van der Waals surface area contributed by atoms with Crippen LogP contribution in [0.3, 0.4) is 0 Å². The Morgan fingerprint density at radius 3 is 2.10 bits per heavy atom. The van der Waals surface area contributed by atoms with Gasteiger partial charge in [0, 0.05) is 18.2 Å². The molecule has 0 aromatic heterocycles. The van der Waals surface area contributed by atoms with Crippen molar-refractivity contribution in [2.45, 2.75) is 18.4 Å². The second-order valence-electron chi connectivity index (χ2n) is 6.44. The van der Waals surface area contributed by atoms with E-state index in [-0.39, 0.29) is 10.8 Å². The van der Waals surface area contributed by atoms with Crippen molar-refractivity contribution in [3.8, 4) is 5.75 Å². The number of amides is 2. The highest BCUT2D eigenvalue weighted by Crippen LogP contribution is 2.17. The lowest BCUT2D eigenvalue weighted by atomic mass is 10.2. The Morgan fingerprint density at radius 2 is 1.50 bits per heavy atom. The van der Waals surface area contributed by atoms with Gasteiger partial charge in [-0.2, -0.15) is 0 Å². The van der Waals surface area contributed by atoms with Crippen LogP contribution in [0.5, 0.6) is 5.75 Å². The number of ether oxygens (including phenoxy) is 1. The highest BCUT2D eigenvalue weighted by molar-refractivity contribution is 7.90. The van der Waals surface area contributed by atoms with Crippen LogP contribution in [0, 0.1) is 0 Å². The quantitative estimate of drug-likeness (QED) is 0.606. The molecule has 3 aromatic carbocycles. The minimum absolute atomic E-state index is 0.0735. The van der Waals surface area contributed by atoms with Gasteiger partial charge in [0.25, 0.3) is 15.9 Å². The maximum atomic E-state index is 12.4. The van der Waals surface area contributed by atoms with Gasteiger partial charge in [0.2, 0.25) is 5.91 Å². The summed E-state index contributed by atoms with van der Waals surface area (Å²) in [7, 11) is -3.91. The van der Waals surface area contributed by atoms with E-state index in [0.29, 0.717) is 23.6 Å². The first kappa shape index (κ1) is 21.1. The van der Waals surface area contributed by atoms with E-state index >= 15 is 0 Å². The molecule has 0 aliphatic heterocycles. The summed E-state index contributed by atoms with van der Waals surface area (Å²) in [5.41, 5.74) is 1.89. The number of hydrogen-bond donors (Lipinski definition) is 2. The van der Waals surface area contributed by atoms with Crippen LogP contribution in [0.4, 0.5) is 5.69 Å². The van der Waals surface area contributed by atoms with Crippen molar-refractivity contribution in [3.63, 3.8) is 0 Å². The fourth-order valence-corrected chi connectivity index (χ4v) is 3.60. The van der Waals surface area contributed by atoms with E-state index in [0.717, 1.165) is 12.5 Å². The summed E-state index contributed by atoms with van der Waals surface area (Å²) in [6.07, 6.45) is 0. The Bertz CT molecular complexity index is 1130. The maximum absolute atomic E-state index is 12.4. The zero-order valence-corrected chi connectivity index (χ0v) is 17.0. The summed E-state index contributed by atoms with van der Waals surface area (Å²) in [6.45, 7) is 1.55. The van der Waals surface area contributed by atoms with E-state index in [9.17, 15) is 18.0 Å². The zero-order valence-electron chi connectivity index (χ0n) is 16.2. The summed E-state index contributed by atoms with van der Waals surface area (Å²) in [5.74, 6) is -0.381. The van der Waals surface area contributed by atoms with Crippen LogP contribution in [-0.4, -0.2) is 20.2 Å². The standard InChI is InChI=1S/C22H20N2O5S/c1-16(25)24-30(27,28)21-13-9-19(10-14-21)23-22(26)18-7-11-20(12-8-18)29-15-17-5-3-2-4-6-17/h2-14H,15H2,1H3,(H,23,26)(H,24,25). The largest absolute Gasteiger partial charge is 0.489 e. The Morgan fingerprint density at radius 1 is 0.867 bits per heavy atom. The number of carbonyl (C=O) groups excluding carboxylic acids is 2. The van der Waals surface area contributed by atoms with Crippen molar-refractivity contribution >= 4 is 27.5 Å². The molecule has 2 amide bonds. The molecule has 0 unspecified atom stereocenters. The predicted molar refractivity (Wildman–Crippen MR) is 113 cm³/mol. The molecule has 0 heterocycles. The molecule has 7 nitrogen and oxygen atoms in total. The van der Waals surface area contributed by atoms with Gasteiger partial charge in [0.1, 0.15) is 12.4 Å². The predicted octanol–water partition coefficient (Wildman–Crippen LogP) is 3.34. The third-order valence-corrected chi connectivity index (χ3v) is 5.51. The normalized spacial score (nSPS) is 10.8. The molecule has 0 fully saturated rings. The van der Waals surface area contributed by atoms with Crippen molar-refractivity contribution in [2.75, 3.05) is 5.32 Å². The molecule has 154 valence electrons. The van der Waals surface area contributed by atoms with Crippen LogP contribution >= 0.6 is 0 Å². The van der Waals surface area contributed by atoms with Gasteiger partial charge in [-0.3, -0.25) is 9.59 Å². The van der Waals surface area contributed by atoms with Gasteiger partial charge in [-0.15, -0.1) is 0 Å². The van der Waals surface area contributed by atoms with E-state index in [1.165, 1.54) is 24.3 Å². The van der Waals surface area contributed by atoms with Crippen molar-refractivity contribution < 1.29 is 22.7 Å². The minimum atomic E-state index is -3.91. The summed E-state index contributed by atoms with van der Waals surface area (Å²) in [5, 5.41) is 2.69. The zero-order chi connectivity index (χ0) is 21.6. The van der Waals surface area contributed by atoms with Gasteiger partial charge in [-0.25, -0.2) is 13.1 Å². The lowest BCUT2D eigenvalue weighted by Crippen LogP contribution is -2.28. The van der Waals surface area contributed by atoms with Crippen LogP contribution in [0.1, 0.15) is 22.8 Å². The molecule has 2 N–H and O–H groups in total. The molecule has 0 spiro atoms. The van der Waals surface area contributed by atoms with Gasteiger partial charge in [-0.05, 0) is 54.1 Å². The number of sulfonamides is 1. The summed E-state index contributed by atoms with van der Waals surface area (Å²) in [6, 6.07) is 22.0. The molecule has 0 aliphatic carbocycles. The lowest BCUT2D eigenvalue weighted by molar-refractivity contribution is -0.117. The van der Waals surface area contributed by atoms with Gasteiger partial charge >= 0.3 is 0 Å². The molecular formula is C22H20N2O5S. The van der Waals surface area contributed by atoms with E-state index in [1.807, 2.05) is 35.1 Å². The Hall–Kier alpha value is -3.65. The number of benzene rings is 3. The van der Waals surface area contributed by atoms with Crippen LogP contribution in [0.2, 0.25) is 0 Å². The molecule has 8 heteroatoms. The summed E-state index contributed by atoms with van der Waals surface area (Å²) in [4.78, 5) is 23.3. The highest BCUT2D eigenvalue weighted by Gasteiger charge is 2.15. The molecule has 3 aromatic rings. The fraction of sp³-hybridized carbons (Fsp3) is 0.0909.